The quantitative estimate of drug-likeness (QED) is 0.537. The van der Waals surface area contributed by atoms with Crippen molar-refractivity contribution in [3.8, 4) is 5.75 Å². The Morgan fingerprint density at radius 3 is 2.60 bits per heavy atom. The molecule has 158 valence electrons. The van der Waals surface area contributed by atoms with E-state index in [-0.39, 0.29) is 0 Å². The van der Waals surface area contributed by atoms with Gasteiger partial charge in [0.05, 0.1) is 32.6 Å². The largest absolute Gasteiger partial charge is 0.496 e. The molecule has 1 aromatic carbocycles. The molecule has 3 heterocycles. The average Bonchev–Trinajstić information content (AvgIpc) is 3.17. The molecule has 0 radical (unpaired) electrons. The number of hydrogen-bond donors (Lipinski definition) is 0. The second kappa shape index (κ2) is 9.49. The van der Waals surface area contributed by atoms with Crippen LogP contribution >= 0.6 is 11.8 Å². The number of ether oxygens (including phenoxy) is 2. The Morgan fingerprint density at radius 1 is 1.10 bits per heavy atom. The van der Waals surface area contributed by atoms with Crippen LogP contribution in [-0.4, -0.2) is 53.2 Å². The van der Waals surface area contributed by atoms with Crippen LogP contribution in [0.1, 0.15) is 22.4 Å². The highest BCUT2D eigenvalue weighted by atomic mass is 32.2. The van der Waals surface area contributed by atoms with Gasteiger partial charge in [0.15, 0.2) is 5.16 Å². The lowest BCUT2D eigenvalue weighted by molar-refractivity contribution is 0.121. The van der Waals surface area contributed by atoms with E-state index in [0.717, 1.165) is 53.3 Å². The fourth-order valence-corrected chi connectivity index (χ4v) is 4.60. The molecule has 3 aromatic rings. The van der Waals surface area contributed by atoms with Crippen molar-refractivity contribution in [3.63, 3.8) is 0 Å². The summed E-state index contributed by atoms with van der Waals surface area (Å²) in [4.78, 5) is 6.88. The number of aromatic nitrogens is 4. The first-order chi connectivity index (χ1) is 14.7. The number of hydrogen-bond acceptors (Lipinski definition) is 7. The summed E-state index contributed by atoms with van der Waals surface area (Å²) in [6.45, 7) is 7.89. The van der Waals surface area contributed by atoms with Crippen LogP contribution in [0.3, 0.4) is 0 Å². The van der Waals surface area contributed by atoms with E-state index in [4.69, 9.17) is 9.47 Å². The lowest BCUT2D eigenvalue weighted by atomic mass is 10.1. The first-order valence-corrected chi connectivity index (χ1v) is 11.1. The maximum atomic E-state index is 5.55. The zero-order valence-corrected chi connectivity index (χ0v) is 18.5. The molecular weight excluding hydrogens is 398 g/mol. The minimum Gasteiger partial charge on any atom is -0.496 e. The molecule has 0 bridgehead atoms. The number of aryl methyl sites for hydroxylation is 1. The Morgan fingerprint density at radius 2 is 1.87 bits per heavy atom. The fraction of sp³-hybridized carbons (Fsp3) is 0.409. The number of morpholine rings is 1. The molecule has 0 saturated carbocycles. The van der Waals surface area contributed by atoms with E-state index >= 15 is 0 Å². The first kappa shape index (κ1) is 20.7. The topological polar surface area (TPSA) is 65.3 Å². The van der Waals surface area contributed by atoms with Gasteiger partial charge >= 0.3 is 0 Å². The summed E-state index contributed by atoms with van der Waals surface area (Å²) in [5.74, 6) is 2.51. The molecule has 0 amide bonds. The predicted molar refractivity (Wildman–Crippen MR) is 118 cm³/mol. The van der Waals surface area contributed by atoms with Gasteiger partial charge in [-0.05, 0) is 19.4 Å². The molecule has 0 atom stereocenters. The highest BCUT2D eigenvalue weighted by Gasteiger charge is 2.21. The number of anilines is 1. The normalized spacial score (nSPS) is 14.2. The molecule has 1 saturated heterocycles. The molecule has 0 unspecified atom stereocenters. The van der Waals surface area contributed by atoms with Crippen LogP contribution in [0, 0.1) is 13.8 Å². The minimum atomic E-state index is 0.707. The van der Waals surface area contributed by atoms with Crippen molar-refractivity contribution < 1.29 is 9.47 Å². The number of nitrogens with zero attached hydrogens (tertiary/aromatic N) is 5. The van der Waals surface area contributed by atoms with E-state index in [1.54, 1.807) is 18.9 Å². The number of thioether (sulfide) groups is 1. The highest BCUT2D eigenvalue weighted by Crippen LogP contribution is 2.30. The third kappa shape index (κ3) is 4.44. The van der Waals surface area contributed by atoms with Gasteiger partial charge in [-0.2, -0.15) is 0 Å². The van der Waals surface area contributed by atoms with E-state index in [9.17, 15) is 0 Å². The molecule has 1 aliphatic heterocycles. The zero-order valence-electron chi connectivity index (χ0n) is 17.7. The third-order valence-corrected chi connectivity index (χ3v) is 6.24. The van der Waals surface area contributed by atoms with Crippen LogP contribution in [-0.2, 0) is 17.0 Å². The van der Waals surface area contributed by atoms with Gasteiger partial charge in [-0.1, -0.05) is 42.1 Å². The number of methoxy groups -OCH3 is 1. The lowest BCUT2D eigenvalue weighted by Crippen LogP contribution is -2.38. The summed E-state index contributed by atoms with van der Waals surface area (Å²) < 4.78 is 13.3. The van der Waals surface area contributed by atoms with Crippen LogP contribution in [0.5, 0.6) is 5.75 Å². The van der Waals surface area contributed by atoms with E-state index in [0.29, 0.717) is 19.0 Å². The van der Waals surface area contributed by atoms with Gasteiger partial charge in [-0.3, -0.25) is 9.55 Å². The van der Waals surface area contributed by atoms with E-state index in [1.807, 2.05) is 19.2 Å². The van der Waals surface area contributed by atoms with Crippen molar-refractivity contribution >= 4 is 17.7 Å². The smallest absolute Gasteiger partial charge is 0.228 e. The Hall–Kier alpha value is -2.58. The summed E-state index contributed by atoms with van der Waals surface area (Å²) in [6.07, 6.45) is 1.87. The van der Waals surface area contributed by atoms with Gasteiger partial charge in [-0.25, -0.2) is 0 Å². The Labute approximate surface area is 181 Å². The van der Waals surface area contributed by atoms with Crippen LogP contribution in [0.25, 0.3) is 0 Å². The molecule has 1 aliphatic rings. The van der Waals surface area contributed by atoms with E-state index < -0.39 is 0 Å². The Kier molecular flexibility index (Phi) is 6.54. The van der Waals surface area contributed by atoms with Crippen LogP contribution in [0.4, 0.5) is 5.95 Å². The zero-order chi connectivity index (χ0) is 20.9. The van der Waals surface area contributed by atoms with Crippen molar-refractivity contribution in [2.45, 2.75) is 31.3 Å². The standard InChI is InChI=1S/C22H27N5O2S/c1-16-13-23-19(17(2)20(16)28-3)15-30-22-25-24-21(26-9-11-29-12-10-26)27(22)14-18-7-5-4-6-8-18/h4-8,13H,9-12,14-15H2,1-3H3. The van der Waals surface area contributed by atoms with Gasteiger partial charge < -0.3 is 14.4 Å². The molecule has 0 N–H and O–H groups in total. The SMILES string of the molecule is COc1c(C)cnc(CSc2nnc(N3CCOCC3)n2Cc2ccccc2)c1C. The molecule has 7 nitrogen and oxygen atoms in total. The summed E-state index contributed by atoms with van der Waals surface area (Å²) >= 11 is 1.66. The van der Waals surface area contributed by atoms with Crippen molar-refractivity contribution in [1.29, 1.82) is 0 Å². The number of rotatable bonds is 7. The maximum Gasteiger partial charge on any atom is 0.228 e. The van der Waals surface area contributed by atoms with Crippen molar-refractivity contribution in [2.75, 3.05) is 38.3 Å². The van der Waals surface area contributed by atoms with E-state index in [2.05, 4.69) is 55.8 Å². The van der Waals surface area contributed by atoms with Gasteiger partial charge in [-0.15, -0.1) is 10.2 Å². The Bertz CT molecular complexity index is 987. The molecule has 0 aliphatic carbocycles. The molecule has 1 fully saturated rings. The second-order valence-corrected chi connectivity index (χ2v) is 8.23. The van der Waals surface area contributed by atoms with Crippen molar-refractivity contribution in [3.05, 3.63) is 58.9 Å². The monoisotopic (exact) mass is 425 g/mol. The van der Waals surface area contributed by atoms with Gasteiger partial charge in [0.1, 0.15) is 5.75 Å². The minimum absolute atomic E-state index is 0.707. The second-order valence-electron chi connectivity index (χ2n) is 7.29. The number of pyridine rings is 1. The third-order valence-electron chi connectivity index (χ3n) is 5.26. The number of benzene rings is 1. The Balaban J connectivity index is 1.60. The van der Waals surface area contributed by atoms with Gasteiger partial charge in [0.2, 0.25) is 5.95 Å². The molecule has 0 spiro atoms. The van der Waals surface area contributed by atoms with Crippen LogP contribution in [0.2, 0.25) is 0 Å². The molecular formula is C22H27N5O2S. The van der Waals surface area contributed by atoms with Gasteiger partial charge in [0.25, 0.3) is 0 Å². The predicted octanol–water partition coefficient (Wildman–Crippen LogP) is 3.48. The summed E-state index contributed by atoms with van der Waals surface area (Å²) in [6, 6.07) is 10.4. The van der Waals surface area contributed by atoms with Crippen molar-refractivity contribution in [1.82, 2.24) is 19.7 Å². The lowest BCUT2D eigenvalue weighted by Gasteiger charge is -2.28. The summed E-state index contributed by atoms with van der Waals surface area (Å²) in [7, 11) is 1.71. The average molecular weight is 426 g/mol. The van der Waals surface area contributed by atoms with Gasteiger partial charge in [0, 0.05) is 36.2 Å². The molecule has 4 rings (SSSR count). The highest BCUT2D eigenvalue weighted by molar-refractivity contribution is 7.98. The summed E-state index contributed by atoms with van der Waals surface area (Å²) in [5.41, 5.74) is 4.35. The molecule has 8 heteroatoms. The first-order valence-electron chi connectivity index (χ1n) is 10.1. The maximum absolute atomic E-state index is 5.55. The van der Waals surface area contributed by atoms with E-state index in [1.165, 1.54) is 5.56 Å². The fourth-order valence-electron chi connectivity index (χ4n) is 3.64. The van der Waals surface area contributed by atoms with Crippen LogP contribution < -0.4 is 9.64 Å². The van der Waals surface area contributed by atoms with Crippen molar-refractivity contribution in [2.24, 2.45) is 0 Å². The molecule has 30 heavy (non-hydrogen) atoms. The summed E-state index contributed by atoms with van der Waals surface area (Å²) in [5, 5.41) is 9.95. The van der Waals surface area contributed by atoms with Crippen LogP contribution in [0.15, 0.2) is 41.7 Å². The molecule has 2 aromatic heterocycles.